The van der Waals surface area contributed by atoms with E-state index in [4.69, 9.17) is 0 Å². The van der Waals surface area contributed by atoms with E-state index in [9.17, 15) is 13.2 Å². The van der Waals surface area contributed by atoms with Gasteiger partial charge in [-0.15, -0.1) is 0 Å². The van der Waals surface area contributed by atoms with Crippen LogP contribution < -0.4 is 10.0 Å². The van der Waals surface area contributed by atoms with Gasteiger partial charge < -0.3 is 10.2 Å². The fourth-order valence-electron chi connectivity index (χ4n) is 3.22. The van der Waals surface area contributed by atoms with Crippen molar-refractivity contribution < 1.29 is 13.2 Å². The van der Waals surface area contributed by atoms with E-state index < -0.39 is 10.0 Å². The van der Waals surface area contributed by atoms with E-state index in [0.29, 0.717) is 11.3 Å². The summed E-state index contributed by atoms with van der Waals surface area (Å²) in [6.45, 7) is 5.63. The Labute approximate surface area is 167 Å². The summed E-state index contributed by atoms with van der Waals surface area (Å²) in [6.07, 6.45) is 1.84. The second kappa shape index (κ2) is 8.32. The lowest BCUT2D eigenvalue weighted by atomic mass is 10.0. The van der Waals surface area contributed by atoms with Crippen LogP contribution in [-0.4, -0.2) is 45.4 Å². The van der Waals surface area contributed by atoms with Gasteiger partial charge in [-0.2, -0.15) is 0 Å². The van der Waals surface area contributed by atoms with Crippen LogP contribution >= 0.6 is 0 Å². The molecular weight excluding hydrogens is 374 g/mol. The minimum Gasteiger partial charge on any atom is -0.349 e. The van der Waals surface area contributed by atoms with Gasteiger partial charge in [0.2, 0.25) is 0 Å². The number of anilines is 1. The van der Waals surface area contributed by atoms with Gasteiger partial charge in [0.25, 0.3) is 15.9 Å². The molecule has 3 rings (SSSR count). The zero-order valence-corrected chi connectivity index (χ0v) is 17.3. The highest BCUT2D eigenvalue weighted by Gasteiger charge is 2.20. The first-order valence-corrected chi connectivity index (χ1v) is 10.9. The Morgan fingerprint density at radius 1 is 1.04 bits per heavy atom. The fraction of sp³-hybridized carbons (Fsp3) is 0.381. The van der Waals surface area contributed by atoms with E-state index in [1.54, 1.807) is 42.5 Å². The lowest BCUT2D eigenvalue weighted by Crippen LogP contribution is -2.43. The van der Waals surface area contributed by atoms with Crippen LogP contribution in [-0.2, 0) is 10.0 Å². The molecule has 7 heteroatoms. The van der Waals surface area contributed by atoms with Crippen LogP contribution in [0.25, 0.3) is 0 Å². The molecule has 1 aliphatic rings. The second-order valence-corrected chi connectivity index (χ2v) is 9.18. The molecule has 0 atom stereocenters. The van der Waals surface area contributed by atoms with E-state index in [1.165, 1.54) is 0 Å². The van der Waals surface area contributed by atoms with Crippen molar-refractivity contribution in [2.45, 2.75) is 37.6 Å². The number of piperidine rings is 1. The van der Waals surface area contributed by atoms with Crippen molar-refractivity contribution in [1.82, 2.24) is 10.2 Å². The highest BCUT2D eigenvalue weighted by molar-refractivity contribution is 7.92. The van der Waals surface area contributed by atoms with E-state index >= 15 is 0 Å². The van der Waals surface area contributed by atoms with Crippen LogP contribution in [0.1, 0.15) is 34.3 Å². The SMILES string of the molecule is Cc1ccc(S(=O)(=O)Nc2cc(C(=O)NC3CCN(C)CC3)ccc2C)cc1. The third-order valence-corrected chi connectivity index (χ3v) is 6.51. The number of sulfonamides is 1. The van der Waals surface area contributed by atoms with Gasteiger partial charge >= 0.3 is 0 Å². The van der Waals surface area contributed by atoms with Crippen molar-refractivity contribution >= 4 is 21.6 Å². The molecule has 0 aliphatic carbocycles. The zero-order valence-electron chi connectivity index (χ0n) is 16.5. The summed E-state index contributed by atoms with van der Waals surface area (Å²) in [5, 5.41) is 3.06. The Morgan fingerprint density at radius 3 is 2.32 bits per heavy atom. The van der Waals surface area contributed by atoms with Crippen LogP contribution in [0.4, 0.5) is 5.69 Å². The highest BCUT2D eigenvalue weighted by Crippen LogP contribution is 2.22. The molecule has 1 fully saturated rings. The average Bonchev–Trinajstić information content (AvgIpc) is 2.65. The molecule has 2 aromatic rings. The molecule has 2 N–H and O–H groups in total. The number of hydrogen-bond donors (Lipinski definition) is 2. The predicted molar refractivity (Wildman–Crippen MR) is 111 cm³/mol. The van der Waals surface area contributed by atoms with Gasteiger partial charge in [0, 0.05) is 11.6 Å². The summed E-state index contributed by atoms with van der Waals surface area (Å²) >= 11 is 0. The van der Waals surface area contributed by atoms with Crippen LogP contribution in [0.15, 0.2) is 47.4 Å². The first-order chi connectivity index (χ1) is 13.2. The number of amides is 1. The molecule has 1 heterocycles. The first kappa shape index (κ1) is 20.4. The quantitative estimate of drug-likeness (QED) is 0.807. The number of nitrogens with one attached hydrogen (secondary N) is 2. The number of benzene rings is 2. The van der Waals surface area contributed by atoms with Gasteiger partial charge in [-0.3, -0.25) is 9.52 Å². The minimum absolute atomic E-state index is 0.151. The van der Waals surface area contributed by atoms with Gasteiger partial charge in [-0.1, -0.05) is 23.8 Å². The largest absolute Gasteiger partial charge is 0.349 e. The molecule has 0 saturated carbocycles. The van der Waals surface area contributed by atoms with Crippen LogP contribution in [0.3, 0.4) is 0 Å². The van der Waals surface area contributed by atoms with Gasteiger partial charge in [0.1, 0.15) is 0 Å². The molecule has 1 aliphatic heterocycles. The number of aryl methyl sites for hydroxylation is 2. The Kier molecular flexibility index (Phi) is 6.05. The van der Waals surface area contributed by atoms with Crippen LogP contribution in [0.5, 0.6) is 0 Å². The van der Waals surface area contributed by atoms with Crippen molar-refractivity contribution in [1.29, 1.82) is 0 Å². The van der Waals surface area contributed by atoms with Crippen molar-refractivity contribution in [3.8, 4) is 0 Å². The lowest BCUT2D eigenvalue weighted by molar-refractivity contribution is 0.0917. The third-order valence-electron chi connectivity index (χ3n) is 5.13. The summed E-state index contributed by atoms with van der Waals surface area (Å²) in [5.74, 6) is -0.176. The summed E-state index contributed by atoms with van der Waals surface area (Å²) in [5.41, 5.74) is 2.61. The third kappa shape index (κ3) is 4.91. The number of carbonyl (C=O) groups is 1. The molecule has 1 amide bonds. The van der Waals surface area contributed by atoms with E-state index in [-0.39, 0.29) is 16.8 Å². The maximum Gasteiger partial charge on any atom is 0.261 e. The van der Waals surface area contributed by atoms with E-state index in [0.717, 1.165) is 37.1 Å². The molecule has 2 aromatic carbocycles. The molecule has 0 spiro atoms. The minimum atomic E-state index is -3.72. The van der Waals surface area contributed by atoms with Crippen molar-refractivity contribution in [2.24, 2.45) is 0 Å². The predicted octanol–water partition coefficient (Wildman–Crippen LogP) is 2.93. The molecule has 150 valence electrons. The Balaban J connectivity index is 1.75. The van der Waals surface area contributed by atoms with Crippen molar-refractivity contribution in [3.63, 3.8) is 0 Å². The first-order valence-electron chi connectivity index (χ1n) is 9.44. The number of nitrogens with zero attached hydrogens (tertiary/aromatic N) is 1. The maximum atomic E-state index is 12.7. The smallest absolute Gasteiger partial charge is 0.261 e. The van der Waals surface area contributed by atoms with E-state index in [1.807, 2.05) is 13.8 Å². The Bertz CT molecular complexity index is 947. The fourth-order valence-corrected chi connectivity index (χ4v) is 4.34. The summed E-state index contributed by atoms with van der Waals surface area (Å²) in [6, 6.07) is 11.9. The molecular formula is C21H27N3O3S. The Hall–Kier alpha value is -2.38. The lowest BCUT2D eigenvalue weighted by Gasteiger charge is -2.29. The number of likely N-dealkylation sites (tertiary alicyclic amines) is 1. The number of carbonyl (C=O) groups excluding carboxylic acids is 1. The normalized spacial score (nSPS) is 16.0. The monoisotopic (exact) mass is 401 g/mol. The summed E-state index contributed by atoms with van der Waals surface area (Å²) in [4.78, 5) is 15.1. The topological polar surface area (TPSA) is 78.5 Å². The van der Waals surface area contributed by atoms with Gasteiger partial charge in [0.15, 0.2) is 0 Å². The van der Waals surface area contributed by atoms with Crippen molar-refractivity contribution in [2.75, 3.05) is 24.9 Å². The second-order valence-electron chi connectivity index (χ2n) is 7.50. The van der Waals surface area contributed by atoms with Gasteiger partial charge in [0.05, 0.1) is 10.6 Å². The number of rotatable bonds is 5. The number of hydrogen-bond acceptors (Lipinski definition) is 4. The maximum absolute atomic E-state index is 12.7. The summed E-state index contributed by atoms with van der Waals surface area (Å²) < 4.78 is 28.0. The van der Waals surface area contributed by atoms with Crippen LogP contribution in [0, 0.1) is 13.8 Å². The highest BCUT2D eigenvalue weighted by atomic mass is 32.2. The van der Waals surface area contributed by atoms with E-state index in [2.05, 4.69) is 22.0 Å². The molecule has 1 saturated heterocycles. The molecule has 0 aromatic heterocycles. The molecule has 6 nitrogen and oxygen atoms in total. The van der Waals surface area contributed by atoms with Crippen molar-refractivity contribution in [3.05, 3.63) is 59.2 Å². The van der Waals surface area contributed by atoms with Crippen LogP contribution in [0.2, 0.25) is 0 Å². The summed E-state index contributed by atoms with van der Waals surface area (Å²) in [7, 11) is -1.64. The Morgan fingerprint density at radius 2 is 1.68 bits per heavy atom. The standard InChI is InChI=1S/C21H27N3O3S/c1-15-4-8-19(9-5-15)28(26,27)23-20-14-17(7-6-16(20)2)21(25)22-18-10-12-24(3)13-11-18/h4-9,14,18,23H,10-13H2,1-3H3,(H,22,25). The zero-order chi connectivity index (χ0) is 20.3. The average molecular weight is 402 g/mol. The molecule has 0 bridgehead atoms. The molecule has 28 heavy (non-hydrogen) atoms. The van der Waals surface area contributed by atoms with Gasteiger partial charge in [-0.25, -0.2) is 8.42 Å². The molecule has 0 unspecified atom stereocenters. The van der Waals surface area contributed by atoms with Gasteiger partial charge in [-0.05, 0) is 76.7 Å². The molecule has 0 radical (unpaired) electrons.